The molecule has 1 aromatic carbocycles. The second-order valence-electron chi connectivity index (χ2n) is 6.39. The maximum absolute atomic E-state index is 12.5. The molecule has 2 amide bonds. The molecule has 5 heteroatoms. The zero-order valence-electron chi connectivity index (χ0n) is 13.8. The van der Waals surface area contributed by atoms with Gasteiger partial charge in [-0.25, -0.2) is 0 Å². The van der Waals surface area contributed by atoms with Gasteiger partial charge in [0.15, 0.2) is 0 Å². The van der Waals surface area contributed by atoms with E-state index in [9.17, 15) is 9.59 Å². The molecule has 5 nitrogen and oxygen atoms in total. The number of anilines is 2. The number of aryl methyl sites for hydroxylation is 1. The fourth-order valence-electron chi connectivity index (χ4n) is 3.47. The fraction of sp³-hybridized carbons (Fsp3) is 0.556. The Morgan fingerprint density at radius 2 is 1.91 bits per heavy atom. The van der Waals surface area contributed by atoms with E-state index < -0.39 is 0 Å². The topological polar surface area (TPSA) is 52.7 Å². The number of carbonyl (C=O) groups is 2. The lowest BCUT2D eigenvalue weighted by molar-refractivity contribution is -0.120. The summed E-state index contributed by atoms with van der Waals surface area (Å²) >= 11 is 0. The number of hydrogen-bond donors (Lipinski definition) is 1. The third kappa shape index (κ3) is 3.66. The molecule has 124 valence electrons. The second kappa shape index (κ2) is 7.02. The Morgan fingerprint density at radius 1 is 1.13 bits per heavy atom. The maximum atomic E-state index is 12.5. The molecule has 0 unspecified atom stereocenters. The van der Waals surface area contributed by atoms with Crippen LogP contribution in [-0.2, 0) is 16.0 Å². The highest BCUT2D eigenvalue weighted by Crippen LogP contribution is 2.33. The first-order valence-corrected chi connectivity index (χ1v) is 8.58. The van der Waals surface area contributed by atoms with Crippen molar-refractivity contribution in [3.63, 3.8) is 0 Å². The largest absolute Gasteiger partial charge is 0.371 e. The van der Waals surface area contributed by atoms with Gasteiger partial charge in [-0.2, -0.15) is 0 Å². The number of carbonyl (C=O) groups excluding carboxylic acids is 2. The van der Waals surface area contributed by atoms with Gasteiger partial charge in [0.25, 0.3) is 0 Å². The van der Waals surface area contributed by atoms with Gasteiger partial charge in [-0.05, 0) is 43.4 Å². The van der Waals surface area contributed by atoms with E-state index in [1.165, 1.54) is 31.0 Å². The van der Waals surface area contributed by atoms with Crippen LogP contribution in [0, 0.1) is 0 Å². The van der Waals surface area contributed by atoms with Crippen LogP contribution in [0.15, 0.2) is 18.2 Å². The van der Waals surface area contributed by atoms with Crippen LogP contribution in [0.2, 0.25) is 0 Å². The van der Waals surface area contributed by atoms with Crippen molar-refractivity contribution in [2.24, 2.45) is 0 Å². The molecule has 2 aliphatic heterocycles. The maximum Gasteiger partial charge on any atom is 0.228 e. The van der Waals surface area contributed by atoms with Gasteiger partial charge in [0, 0.05) is 50.9 Å². The minimum atomic E-state index is -0.0897. The van der Waals surface area contributed by atoms with E-state index in [2.05, 4.69) is 28.4 Å². The summed E-state index contributed by atoms with van der Waals surface area (Å²) in [7, 11) is 0. The molecular formula is C18H25N3O2. The summed E-state index contributed by atoms with van der Waals surface area (Å²) in [6.07, 6.45) is 4.88. The lowest BCUT2D eigenvalue weighted by Gasteiger charge is -2.31. The Labute approximate surface area is 137 Å². The third-order valence-electron chi connectivity index (χ3n) is 4.67. The minimum absolute atomic E-state index is 0.0897. The van der Waals surface area contributed by atoms with Gasteiger partial charge in [-0.15, -0.1) is 0 Å². The SMILES string of the molecule is CC(=O)NCCC(=O)N1CCCc2ccc(N3CCCC3)cc21. The summed E-state index contributed by atoms with van der Waals surface area (Å²) < 4.78 is 0. The number of amides is 2. The zero-order chi connectivity index (χ0) is 16.2. The first-order chi connectivity index (χ1) is 11.1. The van der Waals surface area contributed by atoms with Crippen LogP contribution >= 0.6 is 0 Å². The molecule has 0 radical (unpaired) electrons. The van der Waals surface area contributed by atoms with E-state index in [4.69, 9.17) is 0 Å². The molecule has 0 atom stereocenters. The van der Waals surface area contributed by atoms with Gasteiger partial charge in [0.1, 0.15) is 0 Å². The van der Waals surface area contributed by atoms with Crippen LogP contribution in [0.3, 0.4) is 0 Å². The second-order valence-corrected chi connectivity index (χ2v) is 6.39. The van der Waals surface area contributed by atoms with Crippen LogP contribution in [0.25, 0.3) is 0 Å². The van der Waals surface area contributed by atoms with Crippen molar-refractivity contribution in [2.45, 2.75) is 39.0 Å². The highest BCUT2D eigenvalue weighted by Gasteiger charge is 2.24. The number of nitrogens with one attached hydrogen (secondary N) is 1. The average molecular weight is 315 g/mol. The van der Waals surface area contributed by atoms with Gasteiger partial charge in [-0.1, -0.05) is 6.07 Å². The average Bonchev–Trinajstić information content (AvgIpc) is 3.07. The van der Waals surface area contributed by atoms with Crippen LogP contribution in [-0.4, -0.2) is 38.0 Å². The third-order valence-corrected chi connectivity index (χ3v) is 4.67. The number of benzene rings is 1. The standard InChI is InChI=1S/C18H25N3O2/c1-14(22)19-9-8-18(23)21-12-4-5-15-6-7-16(13-17(15)21)20-10-2-3-11-20/h6-7,13H,2-5,8-12H2,1H3,(H,19,22). The highest BCUT2D eigenvalue weighted by atomic mass is 16.2. The molecule has 23 heavy (non-hydrogen) atoms. The van der Waals surface area contributed by atoms with Crippen molar-refractivity contribution in [3.8, 4) is 0 Å². The van der Waals surface area contributed by atoms with Gasteiger partial charge in [-0.3, -0.25) is 9.59 Å². The molecular weight excluding hydrogens is 290 g/mol. The summed E-state index contributed by atoms with van der Waals surface area (Å²) in [5.41, 5.74) is 3.54. The normalized spacial score (nSPS) is 17.1. The van der Waals surface area contributed by atoms with Crippen LogP contribution in [0.4, 0.5) is 11.4 Å². The van der Waals surface area contributed by atoms with Gasteiger partial charge in [0.2, 0.25) is 11.8 Å². The molecule has 0 aliphatic carbocycles. The Morgan fingerprint density at radius 3 is 2.65 bits per heavy atom. The molecule has 0 spiro atoms. The molecule has 1 N–H and O–H groups in total. The molecule has 2 heterocycles. The lowest BCUT2D eigenvalue weighted by Crippen LogP contribution is -2.37. The van der Waals surface area contributed by atoms with Crippen molar-refractivity contribution in [3.05, 3.63) is 23.8 Å². The molecule has 3 rings (SSSR count). The van der Waals surface area contributed by atoms with E-state index in [1.807, 2.05) is 4.90 Å². The predicted molar refractivity (Wildman–Crippen MR) is 91.9 cm³/mol. The van der Waals surface area contributed by atoms with E-state index in [-0.39, 0.29) is 11.8 Å². The summed E-state index contributed by atoms with van der Waals surface area (Å²) in [6, 6.07) is 6.54. The Bertz CT molecular complexity index is 594. The Hall–Kier alpha value is -2.04. The zero-order valence-corrected chi connectivity index (χ0v) is 13.8. The summed E-state index contributed by atoms with van der Waals surface area (Å²) in [4.78, 5) is 27.8. The van der Waals surface area contributed by atoms with Crippen molar-refractivity contribution < 1.29 is 9.59 Å². The molecule has 0 saturated carbocycles. The van der Waals surface area contributed by atoms with Crippen molar-refractivity contribution >= 4 is 23.2 Å². The molecule has 1 saturated heterocycles. The number of hydrogen-bond acceptors (Lipinski definition) is 3. The number of fused-ring (bicyclic) bond motifs is 1. The molecule has 0 aromatic heterocycles. The Balaban J connectivity index is 1.75. The number of rotatable bonds is 4. The molecule has 2 aliphatic rings. The van der Waals surface area contributed by atoms with E-state index in [0.717, 1.165) is 38.2 Å². The first kappa shape index (κ1) is 15.8. The molecule has 1 aromatic rings. The van der Waals surface area contributed by atoms with Crippen LogP contribution in [0.1, 0.15) is 38.2 Å². The summed E-state index contributed by atoms with van der Waals surface area (Å²) in [5.74, 6) is 0.00596. The molecule has 0 bridgehead atoms. The van der Waals surface area contributed by atoms with Gasteiger partial charge >= 0.3 is 0 Å². The van der Waals surface area contributed by atoms with Gasteiger partial charge in [0.05, 0.1) is 0 Å². The van der Waals surface area contributed by atoms with Gasteiger partial charge < -0.3 is 15.1 Å². The van der Waals surface area contributed by atoms with Crippen LogP contribution < -0.4 is 15.1 Å². The summed E-state index contributed by atoms with van der Waals surface area (Å²) in [6.45, 7) is 4.87. The minimum Gasteiger partial charge on any atom is -0.371 e. The highest BCUT2D eigenvalue weighted by molar-refractivity contribution is 5.95. The Kier molecular flexibility index (Phi) is 4.84. The fourth-order valence-corrected chi connectivity index (χ4v) is 3.47. The smallest absolute Gasteiger partial charge is 0.228 e. The summed E-state index contributed by atoms with van der Waals surface area (Å²) in [5, 5.41) is 2.70. The van der Waals surface area contributed by atoms with Crippen LogP contribution in [0.5, 0.6) is 0 Å². The molecule has 1 fully saturated rings. The first-order valence-electron chi connectivity index (χ1n) is 8.58. The number of nitrogens with zero attached hydrogens (tertiary/aromatic N) is 2. The monoisotopic (exact) mass is 315 g/mol. The van der Waals surface area contributed by atoms with E-state index in [0.29, 0.717) is 13.0 Å². The predicted octanol–water partition coefficient (Wildman–Crippen LogP) is 2.09. The van der Waals surface area contributed by atoms with E-state index in [1.54, 1.807) is 0 Å². The van der Waals surface area contributed by atoms with E-state index >= 15 is 0 Å². The van der Waals surface area contributed by atoms with Crippen molar-refractivity contribution in [1.82, 2.24) is 5.32 Å². The van der Waals surface area contributed by atoms with Crippen molar-refractivity contribution in [1.29, 1.82) is 0 Å². The van der Waals surface area contributed by atoms with Crippen molar-refractivity contribution in [2.75, 3.05) is 36.0 Å². The quantitative estimate of drug-likeness (QED) is 0.926. The lowest BCUT2D eigenvalue weighted by atomic mass is 10.0.